The van der Waals surface area contributed by atoms with Crippen molar-refractivity contribution >= 4 is 11.8 Å². The number of carboxylic acids is 1. The average Bonchev–Trinajstić information content (AvgIpc) is 2.52. The van der Waals surface area contributed by atoms with Gasteiger partial charge in [-0.3, -0.25) is 9.59 Å². The summed E-state index contributed by atoms with van der Waals surface area (Å²) in [4.78, 5) is 23.0. The van der Waals surface area contributed by atoms with Crippen LogP contribution in [0.1, 0.15) is 41.3 Å². The summed E-state index contributed by atoms with van der Waals surface area (Å²) in [7, 11) is 0. The third-order valence-electron chi connectivity index (χ3n) is 4.49. The van der Waals surface area contributed by atoms with Gasteiger partial charge in [-0.05, 0) is 41.0 Å². The van der Waals surface area contributed by atoms with Crippen molar-refractivity contribution in [2.45, 2.75) is 32.6 Å². The highest BCUT2D eigenvalue weighted by Crippen LogP contribution is 2.34. The van der Waals surface area contributed by atoms with E-state index in [1.165, 1.54) is 5.56 Å². The first-order chi connectivity index (χ1) is 11.0. The molecule has 3 heteroatoms. The third kappa shape index (κ3) is 3.34. The Hall–Kier alpha value is -2.42. The standard InChI is InChI=1S/C20H20O3/c1-13(10-20(22)23)6-7-14-8-9-16-15(11-14)12-19(21)18-5-3-2-4-17(16)18/h2-5,8-9,11,13H,6-7,10,12H2,1H3,(H,22,23)/t13-/m1/s1. The van der Waals surface area contributed by atoms with Gasteiger partial charge in [-0.15, -0.1) is 0 Å². The number of hydrogen-bond acceptors (Lipinski definition) is 2. The molecule has 1 atom stereocenters. The van der Waals surface area contributed by atoms with Crippen molar-refractivity contribution in [1.29, 1.82) is 0 Å². The van der Waals surface area contributed by atoms with Gasteiger partial charge in [-0.2, -0.15) is 0 Å². The molecule has 0 bridgehead atoms. The lowest BCUT2D eigenvalue weighted by atomic mass is 9.83. The lowest BCUT2D eigenvalue weighted by Gasteiger charge is -2.20. The Bertz CT molecular complexity index is 761. The van der Waals surface area contributed by atoms with Crippen LogP contribution in [0.25, 0.3) is 11.1 Å². The van der Waals surface area contributed by atoms with Crippen molar-refractivity contribution in [3.63, 3.8) is 0 Å². The minimum absolute atomic E-state index is 0.158. The molecule has 0 fully saturated rings. The number of Topliss-reactive ketones (excluding diaryl/α,β-unsaturated/α-hetero) is 1. The van der Waals surface area contributed by atoms with Gasteiger partial charge in [0.15, 0.2) is 5.78 Å². The van der Waals surface area contributed by atoms with Gasteiger partial charge in [0, 0.05) is 18.4 Å². The van der Waals surface area contributed by atoms with Crippen LogP contribution >= 0.6 is 0 Å². The van der Waals surface area contributed by atoms with Crippen LogP contribution in [0, 0.1) is 5.92 Å². The summed E-state index contributed by atoms with van der Waals surface area (Å²) in [6.45, 7) is 1.96. The van der Waals surface area contributed by atoms with Gasteiger partial charge in [0.05, 0.1) is 0 Å². The Labute approximate surface area is 136 Å². The molecule has 3 rings (SSSR count). The van der Waals surface area contributed by atoms with E-state index in [0.717, 1.165) is 35.1 Å². The maximum absolute atomic E-state index is 12.3. The molecule has 0 spiro atoms. The highest BCUT2D eigenvalue weighted by Gasteiger charge is 2.22. The summed E-state index contributed by atoms with van der Waals surface area (Å²) in [5, 5.41) is 8.82. The Morgan fingerprint density at radius 2 is 1.87 bits per heavy atom. The topological polar surface area (TPSA) is 54.4 Å². The van der Waals surface area contributed by atoms with E-state index in [4.69, 9.17) is 5.11 Å². The van der Waals surface area contributed by atoms with Crippen LogP contribution in [-0.4, -0.2) is 16.9 Å². The first kappa shape index (κ1) is 15.5. The van der Waals surface area contributed by atoms with Gasteiger partial charge in [0.1, 0.15) is 0 Å². The molecule has 1 N–H and O–H groups in total. The second kappa shape index (κ2) is 6.37. The van der Waals surface area contributed by atoms with Crippen molar-refractivity contribution < 1.29 is 14.7 Å². The quantitative estimate of drug-likeness (QED) is 0.903. The van der Waals surface area contributed by atoms with Crippen LogP contribution in [-0.2, 0) is 17.6 Å². The number of aliphatic carboxylic acids is 1. The van der Waals surface area contributed by atoms with Crippen LogP contribution in [0.4, 0.5) is 0 Å². The Balaban J connectivity index is 1.80. The number of ketones is 1. The molecule has 23 heavy (non-hydrogen) atoms. The molecule has 1 aliphatic carbocycles. The van der Waals surface area contributed by atoms with Crippen molar-refractivity contribution in [3.05, 3.63) is 59.2 Å². The summed E-state index contributed by atoms with van der Waals surface area (Å²) in [5.74, 6) is -0.416. The summed E-state index contributed by atoms with van der Waals surface area (Å²) < 4.78 is 0. The second-order valence-corrected chi connectivity index (χ2v) is 6.38. The van der Waals surface area contributed by atoms with Crippen LogP contribution in [0.5, 0.6) is 0 Å². The van der Waals surface area contributed by atoms with Crippen LogP contribution < -0.4 is 0 Å². The van der Waals surface area contributed by atoms with Gasteiger partial charge in [-0.25, -0.2) is 0 Å². The Morgan fingerprint density at radius 1 is 1.13 bits per heavy atom. The van der Waals surface area contributed by atoms with Gasteiger partial charge < -0.3 is 5.11 Å². The molecule has 0 aliphatic heterocycles. The van der Waals surface area contributed by atoms with E-state index in [9.17, 15) is 9.59 Å². The molecule has 0 radical (unpaired) electrons. The maximum atomic E-state index is 12.3. The predicted molar refractivity (Wildman–Crippen MR) is 89.7 cm³/mol. The Morgan fingerprint density at radius 3 is 2.61 bits per heavy atom. The minimum Gasteiger partial charge on any atom is -0.481 e. The van der Waals surface area contributed by atoms with E-state index >= 15 is 0 Å². The van der Waals surface area contributed by atoms with Gasteiger partial charge in [0.2, 0.25) is 0 Å². The fourth-order valence-electron chi connectivity index (χ4n) is 3.25. The molecule has 0 unspecified atom stereocenters. The SMILES string of the molecule is C[C@H](CCc1ccc2c(c1)CC(=O)c1ccccc1-2)CC(=O)O. The molecule has 2 aromatic rings. The summed E-state index contributed by atoms with van der Waals surface area (Å²) in [5.41, 5.74) is 5.22. The molecule has 2 aromatic carbocycles. The first-order valence-electron chi connectivity index (χ1n) is 8.01. The smallest absolute Gasteiger partial charge is 0.303 e. The zero-order valence-electron chi connectivity index (χ0n) is 13.2. The number of aryl methyl sites for hydroxylation is 1. The number of benzene rings is 2. The maximum Gasteiger partial charge on any atom is 0.303 e. The zero-order valence-corrected chi connectivity index (χ0v) is 13.2. The van der Waals surface area contributed by atoms with Crippen LogP contribution in [0.15, 0.2) is 42.5 Å². The molecule has 0 aromatic heterocycles. The average molecular weight is 308 g/mol. The molecule has 118 valence electrons. The number of carbonyl (C=O) groups excluding carboxylic acids is 1. The molecule has 0 saturated carbocycles. The van der Waals surface area contributed by atoms with E-state index in [0.29, 0.717) is 6.42 Å². The van der Waals surface area contributed by atoms with E-state index in [1.807, 2.05) is 31.2 Å². The van der Waals surface area contributed by atoms with Crippen LogP contribution in [0.2, 0.25) is 0 Å². The van der Waals surface area contributed by atoms with Crippen molar-refractivity contribution in [3.8, 4) is 11.1 Å². The highest BCUT2D eigenvalue weighted by atomic mass is 16.4. The molecule has 3 nitrogen and oxygen atoms in total. The lowest BCUT2D eigenvalue weighted by Crippen LogP contribution is -2.12. The first-order valence-corrected chi connectivity index (χ1v) is 8.01. The second-order valence-electron chi connectivity index (χ2n) is 6.38. The normalized spacial score (nSPS) is 14.0. The van der Waals surface area contributed by atoms with Crippen molar-refractivity contribution in [1.82, 2.24) is 0 Å². The fourth-order valence-corrected chi connectivity index (χ4v) is 3.25. The number of rotatable bonds is 5. The summed E-state index contributed by atoms with van der Waals surface area (Å²) in [6.07, 6.45) is 2.34. The molecule has 0 amide bonds. The minimum atomic E-state index is -0.745. The van der Waals surface area contributed by atoms with Crippen molar-refractivity contribution in [2.75, 3.05) is 0 Å². The fraction of sp³-hybridized carbons (Fsp3) is 0.300. The van der Waals surface area contributed by atoms with Gasteiger partial charge in [0.25, 0.3) is 0 Å². The van der Waals surface area contributed by atoms with Gasteiger partial charge in [-0.1, -0.05) is 49.4 Å². The molecule has 1 aliphatic rings. The lowest BCUT2D eigenvalue weighted by molar-refractivity contribution is -0.138. The van der Waals surface area contributed by atoms with Crippen molar-refractivity contribution in [2.24, 2.45) is 5.92 Å². The zero-order chi connectivity index (χ0) is 16.4. The van der Waals surface area contributed by atoms with E-state index in [2.05, 4.69) is 18.2 Å². The largest absolute Gasteiger partial charge is 0.481 e. The molecular formula is C20H20O3. The van der Waals surface area contributed by atoms with E-state index in [1.54, 1.807) is 0 Å². The van der Waals surface area contributed by atoms with Gasteiger partial charge >= 0.3 is 5.97 Å². The molecule has 0 saturated heterocycles. The van der Waals surface area contributed by atoms with E-state index in [-0.39, 0.29) is 18.1 Å². The van der Waals surface area contributed by atoms with E-state index < -0.39 is 5.97 Å². The Kier molecular flexibility index (Phi) is 4.28. The summed E-state index contributed by atoms with van der Waals surface area (Å²) in [6, 6.07) is 14.1. The number of carboxylic acid groups (broad SMARTS) is 1. The number of carbonyl (C=O) groups is 2. The van der Waals surface area contributed by atoms with Crippen LogP contribution in [0.3, 0.4) is 0 Å². The predicted octanol–water partition coefficient (Wildman–Crippen LogP) is 4.14. The number of fused-ring (bicyclic) bond motifs is 3. The molecule has 0 heterocycles. The highest BCUT2D eigenvalue weighted by molar-refractivity contribution is 6.07. The molecular weight excluding hydrogens is 288 g/mol. The monoisotopic (exact) mass is 308 g/mol. The number of hydrogen-bond donors (Lipinski definition) is 1. The third-order valence-corrected chi connectivity index (χ3v) is 4.49. The summed E-state index contributed by atoms with van der Waals surface area (Å²) >= 11 is 0.